The summed E-state index contributed by atoms with van der Waals surface area (Å²) >= 11 is 0. The van der Waals surface area contributed by atoms with Gasteiger partial charge in [-0.3, -0.25) is 14.9 Å². The van der Waals surface area contributed by atoms with Crippen molar-refractivity contribution in [3.8, 4) is 28.4 Å². The number of aromatic nitrogens is 6. The smallest absolute Gasteiger partial charge is 0.238 e. The van der Waals surface area contributed by atoms with Crippen LogP contribution in [0, 0.1) is 5.82 Å². The van der Waals surface area contributed by atoms with E-state index < -0.39 is 0 Å². The van der Waals surface area contributed by atoms with Gasteiger partial charge in [0, 0.05) is 47.3 Å². The molecule has 1 aromatic carbocycles. The minimum atomic E-state index is -0.388. The standard InChI is InChI=1S/C31H29FN8O2/c1-17-5-6-24(18-8-21(32)12-23(10-18)42-4)28-26(7-17)36-31(37-28)29-25-11-20(14-34-30(25)39-38-29)19-9-22(15-33-13-19)35-27(41)16-40(2)3/h5-6,8-15H,7,16H2,1-4H3,(H,35,41)(H,36,37)(H,34,38,39). The molecule has 4 heterocycles. The van der Waals surface area contributed by atoms with Crippen LogP contribution in [0.1, 0.15) is 23.9 Å². The Bertz CT molecular complexity index is 1890. The Morgan fingerprint density at radius 3 is 2.71 bits per heavy atom. The summed E-state index contributed by atoms with van der Waals surface area (Å²) in [6.45, 7) is 2.31. The van der Waals surface area contributed by atoms with Gasteiger partial charge >= 0.3 is 0 Å². The molecule has 42 heavy (non-hydrogen) atoms. The second kappa shape index (κ2) is 11.0. The first-order valence-corrected chi connectivity index (χ1v) is 13.3. The fourth-order valence-corrected chi connectivity index (χ4v) is 4.98. The first-order valence-electron chi connectivity index (χ1n) is 13.3. The molecule has 0 saturated carbocycles. The molecule has 0 radical (unpaired) electrons. The maximum Gasteiger partial charge on any atom is 0.238 e. The summed E-state index contributed by atoms with van der Waals surface area (Å²) in [7, 11) is 5.19. The number of carbonyl (C=O) groups excluding carboxylic acids is 1. The predicted octanol–water partition coefficient (Wildman–Crippen LogP) is 4.99. The van der Waals surface area contributed by atoms with Gasteiger partial charge in [-0.15, -0.1) is 0 Å². The predicted molar refractivity (Wildman–Crippen MR) is 159 cm³/mol. The number of H-pyrrole nitrogens is 2. The number of hydrogen-bond donors (Lipinski definition) is 3. The third kappa shape index (κ3) is 5.41. The number of pyridine rings is 2. The zero-order valence-corrected chi connectivity index (χ0v) is 23.6. The van der Waals surface area contributed by atoms with Gasteiger partial charge in [0.25, 0.3) is 0 Å². The number of methoxy groups -OCH3 is 1. The lowest BCUT2D eigenvalue weighted by atomic mass is 10.0. The van der Waals surface area contributed by atoms with Crippen LogP contribution in [0.2, 0.25) is 0 Å². The number of halogens is 1. The number of ether oxygens (including phenoxy) is 1. The molecule has 0 atom stereocenters. The van der Waals surface area contributed by atoms with Gasteiger partial charge in [0.15, 0.2) is 11.5 Å². The molecule has 10 nitrogen and oxygen atoms in total. The number of aromatic amines is 2. The molecule has 0 aliphatic heterocycles. The van der Waals surface area contributed by atoms with E-state index in [0.717, 1.165) is 39.0 Å². The molecule has 0 fully saturated rings. The largest absolute Gasteiger partial charge is 0.497 e. The molecule has 0 saturated heterocycles. The van der Waals surface area contributed by atoms with Crippen molar-refractivity contribution >= 4 is 28.2 Å². The van der Waals surface area contributed by atoms with E-state index in [-0.39, 0.29) is 18.3 Å². The number of allylic oxidation sites excluding steroid dienone is 3. The van der Waals surface area contributed by atoms with E-state index in [1.54, 1.807) is 29.6 Å². The van der Waals surface area contributed by atoms with Crippen molar-refractivity contribution in [1.29, 1.82) is 0 Å². The highest BCUT2D eigenvalue weighted by Crippen LogP contribution is 2.35. The fraction of sp³-hybridized carbons (Fsp3) is 0.194. The van der Waals surface area contributed by atoms with Crippen LogP contribution in [0.3, 0.4) is 0 Å². The number of anilines is 1. The molecule has 3 N–H and O–H groups in total. The van der Waals surface area contributed by atoms with E-state index in [2.05, 4.69) is 30.5 Å². The number of fused-ring (bicyclic) bond motifs is 2. The molecule has 5 aromatic rings. The van der Waals surface area contributed by atoms with E-state index in [0.29, 0.717) is 40.6 Å². The average molecular weight is 565 g/mol. The van der Waals surface area contributed by atoms with Crippen LogP contribution in [-0.4, -0.2) is 68.7 Å². The SMILES string of the molecule is COc1cc(F)cc(C2=CC=C(C)Cc3[nH]c(-c4[nH]nc5ncc(-c6cncc(NC(=O)CN(C)C)c6)cc45)nc32)c1. The zero-order valence-electron chi connectivity index (χ0n) is 23.6. The van der Waals surface area contributed by atoms with Gasteiger partial charge in [0.05, 0.1) is 36.6 Å². The molecule has 6 rings (SSSR count). The van der Waals surface area contributed by atoms with Crippen LogP contribution >= 0.6 is 0 Å². The quantitative estimate of drug-likeness (QED) is 0.254. The summed E-state index contributed by atoms with van der Waals surface area (Å²) in [5.41, 5.74) is 7.61. The normalized spacial score (nSPS) is 13.0. The van der Waals surface area contributed by atoms with Crippen LogP contribution in [0.5, 0.6) is 5.75 Å². The zero-order chi connectivity index (χ0) is 29.4. The maximum atomic E-state index is 14.4. The number of hydrogen-bond acceptors (Lipinski definition) is 7. The first-order chi connectivity index (χ1) is 20.3. The lowest BCUT2D eigenvalue weighted by Crippen LogP contribution is -2.27. The van der Waals surface area contributed by atoms with Crippen molar-refractivity contribution in [1.82, 2.24) is 35.0 Å². The van der Waals surface area contributed by atoms with Crippen LogP contribution in [-0.2, 0) is 11.2 Å². The minimum absolute atomic E-state index is 0.127. The van der Waals surface area contributed by atoms with Gasteiger partial charge in [-0.25, -0.2) is 14.4 Å². The second-order valence-electron chi connectivity index (χ2n) is 10.5. The molecule has 212 valence electrons. The first kappa shape index (κ1) is 27.0. The van der Waals surface area contributed by atoms with E-state index in [9.17, 15) is 9.18 Å². The summed E-state index contributed by atoms with van der Waals surface area (Å²) in [6.07, 6.45) is 9.69. The highest BCUT2D eigenvalue weighted by atomic mass is 19.1. The number of benzene rings is 1. The monoisotopic (exact) mass is 564 g/mol. The third-order valence-corrected chi connectivity index (χ3v) is 6.90. The number of imidazole rings is 1. The van der Waals surface area contributed by atoms with Crippen molar-refractivity contribution in [2.24, 2.45) is 0 Å². The number of nitrogens with one attached hydrogen (secondary N) is 3. The van der Waals surface area contributed by atoms with E-state index in [4.69, 9.17) is 9.72 Å². The molecule has 0 spiro atoms. The summed E-state index contributed by atoms with van der Waals surface area (Å²) < 4.78 is 19.8. The van der Waals surface area contributed by atoms with Crippen molar-refractivity contribution in [3.63, 3.8) is 0 Å². The molecule has 11 heteroatoms. The second-order valence-corrected chi connectivity index (χ2v) is 10.5. The van der Waals surface area contributed by atoms with Gasteiger partial charge in [-0.2, -0.15) is 5.10 Å². The number of likely N-dealkylation sites (N-methyl/N-ethyl adjacent to an activating group) is 1. The lowest BCUT2D eigenvalue weighted by molar-refractivity contribution is -0.116. The Labute approximate surface area is 241 Å². The topological polar surface area (TPSA) is 125 Å². The summed E-state index contributed by atoms with van der Waals surface area (Å²) in [6, 6.07) is 8.46. The van der Waals surface area contributed by atoms with Crippen LogP contribution in [0.4, 0.5) is 10.1 Å². The molecule has 4 aromatic heterocycles. The lowest BCUT2D eigenvalue weighted by Gasteiger charge is -2.10. The van der Waals surface area contributed by atoms with Crippen molar-refractivity contribution < 1.29 is 13.9 Å². The van der Waals surface area contributed by atoms with E-state index in [1.165, 1.54) is 19.2 Å². The highest BCUT2D eigenvalue weighted by Gasteiger charge is 2.22. The fourth-order valence-electron chi connectivity index (χ4n) is 4.98. The van der Waals surface area contributed by atoms with Crippen molar-refractivity contribution in [2.45, 2.75) is 13.3 Å². The van der Waals surface area contributed by atoms with Crippen molar-refractivity contribution in [2.75, 3.05) is 33.1 Å². The van der Waals surface area contributed by atoms with E-state index in [1.807, 2.05) is 45.3 Å². The molecule has 1 amide bonds. The molecular weight excluding hydrogens is 535 g/mol. The number of amides is 1. The average Bonchev–Trinajstić information content (AvgIpc) is 3.52. The van der Waals surface area contributed by atoms with Crippen LogP contribution in [0.25, 0.3) is 39.3 Å². The van der Waals surface area contributed by atoms with Gasteiger partial charge in [-0.05, 0) is 50.8 Å². The molecule has 0 bridgehead atoms. The maximum absolute atomic E-state index is 14.4. The van der Waals surface area contributed by atoms with Gasteiger partial charge in [0.1, 0.15) is 17.3 Å². The third-order valence-electron chi connectivity index (χ3n) is 6.90. The summed E-state index contributed by atoms with van der Waals surface area (Å²) in [5.74, 6) is 0.509. The minimum Gasteiger partial charge on any atom is -0.497 e. The molecule has 1 aliphatic carbocycles. The van der Waals surface area contributed by atoms with Crippen LogP contribution < -0.4 is 10.1 Å². The van der Waals surface area contributed by atoms with Gasteiger partial charge in [0.2, 0.25) is 5.91 Å². The molecular formula is C31H29FN8O2. The van der Waals surface area contributed by atoms with Crippen LogP contribution in [0.15, 0.2) is 66.6 Å². The van der Waals surface area contributed by atoms with Gasteiger partial charge < -0.3 is 19.9 Å². The number of rotatable bonds is 7. The molecule has 1 aliphatic rings. The number of nitrogens with zero attached hydrogens (tertiary/aromatic N) is 5. The Morgan fingerprint density at radius 2 is 1.90 bits per heavy atom. The Kier molecular flexibility index (Phi) is 7.09. The van der Waals surface area contributed by atoms with Crippen molar-refractivity contribution in [3.05, 3.63) is 89.4 Å². The number of carbonyl (C=O) groups is 1. The summed E-state index contributed by atoms with van der Waals surface area (Å²) in [5, 5.41) is 11.1. The van der Waals surface area contributed by atoms with Gasteiger partial charge in [-0.1, -0.05) is 17.7 Å². The highest BCUT2D eigenvalue weighted by molar-refractivity contribution is 5.94. The van der Waals surface area contributed by atoms with E-state index >= 15 is 0 Å². The Hall–Kier alpha value is -5.16. The summed E-state index contributed by atoms with van der Waals surface area (Å²) in [4.78, 5) is 31.3. The Morgan fingerprint density at radius 1 is 1.07 bits per heavy atom. The Balaban J connectivity index is 1.38. The molecule has 0 unspecified atom stereocenters.